The van der Waals surface area contributed by atoms with Crippen molar-refractivity contribution in [3.63, 3.8) is 0 Å². The largest absolute Gasteiger partial charge is 0.281 e. The number of pyridine rings is 1. The number of aryl methyl sites for hydroxylation is 2. The van der Waals surface area contributed by atoms with Gasteiger partial charge in [-0.1, -0.05) is 11.6 Å². The van der Waals surface area contributed by atoms with E-state index in [1.165, 1.54) is 0 Å². The molecule has 18 heavy (non-hydrogen) atoms. The Bertz CT molecular complexity index is 740. The molecule has 0 atom stereocenters. The Kier molecular flexibility index (Phi) is 2.38. The summed E-state index contributed by atoms with van der Waals surface area (Å²) in [6, 6.07) is 3.68. The van der Waals surface area contributed by atoms with Crippen LogP contribution in [0.15, 0.2) is 18.3 Å². The van der Waals surface area contributed by atoms with Crippen molar-refractivity contribution in [3.05, 3.63) is 34.7 Å². The Morgan fingerprint density at radius 2 is 2.00 bits per heavy atom. The van der Waals surface area contributed by atoms with Gasteiger partial charge in [-0.3, -0.25) is 9.08 Å². The van der Waals surface area contributed by atoms with Gasteiger partial charge in [0.15, 0.2) is 11.5 Å². The molecular formula is C12H12ClN5. The third kappa shape index (κ3) is 1.44. The molecule has 0 amide bonds. The maximum Gasteiger partial charge on any atom is 0.179 e. The molecule has 0 unspecified atom stereocenters. The third-order valence-electron chi connectivity index (χ3n) is 3.12. The molecule has 92 valence electrons. The van der Waals surface area contributed by atoms with Crippen LogP contribution in [0.5, 0.6) is 0 Å². The van der Waals surface area contributed by atoms with E-state index in [4.69, 9.17) is 11.6 Å². The molecule has 3 heterocycles. The highest BCUT2D eigenvalue weighted by Gasteiger charge is 2.17. The minimum absolute atomic E-state index is 0.593. The van der Waals surface area contributed by atoms with E-state index >= 15 is 0 Å². The van der Waals surface area contributed by atoms with Crippen LogP contribution in [-0.4, -0.2) is 24.4 Å². The molecule has 0 radical (unpaired) electrons. The van der Waals surface area contributed by atoms with E-state index < -0.39 is 0 Å². The monoisotopic (exact) mass is 261 g/mol. The van der Waals surface area contributed by atoms with Gasteiger partial charge in [-0.25, -0.2) is 0 Å². The first kappa shape index (κ1) is 11.2. The van der Waals surface area contributed by atoms with E-state index in [1.807, 2.05) is 42.2 Å². The van der Waals surface area contributed by atoms with Crippen LogP contribution in [0.4, 0.5) is 0 Å². The van der Waals surface area contributed by atoms with Gasteiger partial charge >= 0.3 is 0 Å². The van der Waals surface area contributed by atoms with E-state index in [9.17, 15) is 0 Å². The molecular weight excluding hydrogens is 250 g/mol. The molecule has 0 saturated heterocycles. The lowest BCUT2D eigenvalue weighted by Gasteiger charge is -2.01. The summed E-state index contributed by atoms with van der Waals surface area (Å²) in [5.41, 5.74) is 3.66. The molecule has 0 aliphatic rings. The zero-order chi connectivity index (χ0) is 12.9. The molecule has 0 fully saturated rings. The van der Waals surface area contributed by atoms with Crippen LogP contribution < -0.4 is 0 Å². The van der Waals surface area contributed by atoms with Gasteiger partial charge in [0.25, 0.3) is 0 Å². The minimum Gasteiger partial charge on any atom is -0.281 e. The lowest BCUT2D eigenvalue weighted by atomic mass is 10.2. The standard InChI is InChI=1S/C12H12ClN5/c1-7-10(8(2)17(3)16-7)12-15-14-11-9(13)5-4-6-18(11)12/h4-6H,1-3H3. The number of nitrogens with zero attached hydrogens (tertiary/aromatic N) is 5. The summed E-state index contributed by atoms with van der Waals surface area (Å²) in [6.07, 6.45) is 1.91. The fraction of sp³-hybridized carbons (Fsp3) is 0.250. The van der Waals surface area contributed by atoms with Crippen LogP contribution in [0.25, 0.3) is 17.0 Å². The summed E-state index contributed by atoms with van der Waals surface area (Å²) in [6.45, 7) is 3.98. The van der Waals surface area contributed by atoms with Crippen molar-refractivity contribution in [3.8, 4) is 11.4 Å². The topological polar surface area (TPSA) is 48.0 Å². The molecule has 3 rings (SSSR count). The van der Waals surface area contributed by atoms with Gasteiger partial charge in [0.1, 0.15) is 0 Å². The first-order valence-corrected chi connectivity index (χ1v) is 5.97. The van der Waals surface area contributed by atoms with Crippen molar-refractivity contribution in [1.29, 1.82) is 0 Å². The van der Waals surface area contributed by atoms with Gasteiger partial charge < -0.3 is 0 Å². The lowest BCUT2D eigenvalue weighted by Crippen LogP contribution is -1.94. The summed E-state index contributed by atoms with van der Waals surface area (Å²) >= 11 is 6.10. The Balaban J connectivity index is 2.36. The summed E-state index contributed by atoms with van der Waals surface area (Å²) in [4.78, 5) is 0. The molecule has 0 spiro atoms. The molecule has 0 N–H and O–H groups in total. The highest BCUT2D eigenvalue weighted by atomic mass is 35.5. The van der Waals surface area contributed by atoms with Gasteiger partial charge in [-0.15, -0.1) is 10.2 Å². The zero-order valence-corrected chi connectivity index (χ0v) is 11.1. The fourth-order valence-electron chi connectivity index (χ4n) is 2.15. The van der Waals surface area contributed by atoms with Gasteiger partial charge in [0.2, 0.25) is 0 Å². The van der Waals surface area contributed by atoms with Crippen LogP contribution >= 0.6 is 11.6 Å². The van der Waals surface area contributed by atoms with Gasteiger partial charge in [-0.05, 0) is 26.0 Å². The van der Waals surface area contributed by atoms with Crippen molar-refractivity contribution in [1.82, 2.24) is 24.4 Å². The Hall–Kier alpha value is -1.88. The summed E-state index contributed by atoms with van der Waals surface area (Å²) < 4.78 is 3.73. The van der Waals surface area contributed by atoms with E-state index in [0.29, 0.717) is 10.7 Å². The number of fused-ring (bicyclic) bond motifs is 1. The number of hydrogen-bond acceptors (Lipinski definition) is 3. The fourth-order valence-corrected chi connectivity index (χ4v) is 2.35. The smallest absolute Gasteiger partial charge is 0.179 e. The number of rotatable bonds is 1. The van der Waals surface area contributed by atoms with Crippen molar-refractivity contribution in [2.45, 2.75) is 13.8 Å². The van der Waals surface area contributed by atoms with Crippen LogP contribution in [0.2, 0.25) is 5.02 Å². The van der Waals surface area contributed by atoms with Gasteiger partial charge in [-0.2, -0.15) is 5.10 Å². The molecule has 0 bridgehead atoms. The summed E-state index contributed by atoms with van der Waals surface area (Å²) in [5.74, 6) is 0.774. The zero-order valence-electron chi connectivity index (χ0n) is 10.3. The van der Waals surface area contributed by atoms with Crippen LogP contribution in [0.3, 0.4) is 0 Å². The Morgan fingerprint density at radius 1 is 1.22 bits per heavy atom. The maximum atomic E-state index is 6.10. The van der Waals surface area contributed by atoms with E-state index in [-0.39, 0.29) is 0 Å². The van der Waals surface area contributed by atoms with E-state index in [1.54, 1.807) is 6.07 Å². The SMILES string of the molecule is Cc1nn(C)c(C)c1-c1nnc2c(Cl)cccn12. The molecule has 3 aromatic rings. The van der Waals surface area contributed by atoms with Crippen LogP contribution in [-0.2, 0) is 7.05 Å². The average Bonchev–Trinajstić information content (AvgIpc) is 2.84. The van der Waals surface area contributed by atoms with Gasteiger partial charge in [0.05, 0.1) is 16.3 Å². The number of hydrogen-bond donors (Lipinski definition) is 0. The van der Waals surface area contributed by atoms with E-state index in [2.05, 4.69) is 15.3 Å². The maximum absolute atomic E-state index is 6.10. The highest BCUT2D eigenvalue weighted by Crippen LogP contribution is 2.27. The normalized spacial score (nSPS) is 11.3. The molecule has 3 aromatic heterocycles. The second-order valence-electron chi connectivity index (χ2n) is 4.24. The molecule has 0 aromatic carbocycles. The summed E-state index contributed by atoms with van der Waals surface area (Å²) in [5, 5.41) is 13.4. The predicted molar refractivity (Wildman–Crippen MR) is 69.7 cm³/mol. The first-order chi connectivity index (χ1) is 8.59. The Labute approximate surface area is 109 Å². The molecule has 5 nitrogen and oxygen atoms in total. The number of halogens is 1. The molecule has 0 aliphatic heterocycles. The van der Waals surface area contributed by atoms with Crippen LogP contribution in [0, 0.1) is 13.8 Å². The van der Waals surface area contributed by atoms with Gasteiger partial charge in [0, 0.05) is 18.9 Å². The van der Waals surface area contributed by atoms with Crippen molar-refractivity contribution < 1.29 is 0 Å². The lowest BCUT2D eigenvalue weighted by molar-refractivity contribution is 0.731. The quantitative estimate of drug-likeness (QED) is 0.676. The molecule has 0 saturated carbocycles. The van der Waals surface area contributed by atoms with Crippen molar-refractivity contribution in [2.75, 3.05) is 0 Å². The van der Waals surface area contributed by atoms with Crippen LogP contribution in [0.1, 0.15) is 11.4 Å². The first-order valence-electron chi connectivity index (χ1n) is 5.59. The molecule has 0 aliphatic carbocycles. The van der Waals surface area contributed by atoms with E-state index in [0.717, 1.165) is 22.8 Å². The van der Waals surface area contributed by atoms with Crippen molar-refractivity contribution in [2.24, 2.45) is 7.05 Å². The average molecular weight is 262 g/mol. The third-order valence-corrected chi connectivity index (χ3v) is 3.41. The second kappa shape index (κ2) is 3.81. The van der Waals surface area contributed by atoms with Crippen molar-refractivity contribution >= 4 is 17.2 Å². The highest BCUT2D eigenvalue weighted by molar-refractivity contribution is 6.33. The Morgan fingerprint density at radius 3 is 2.67 bits per heavy atom. The number of aromatic nitrogens is 5. The summed E-state index contributed by atoms with van der Waals surface area (Å²) in [7, 11) is 1.92. The second-order valence-corrected chi connectivity index (χ2v) is 4.65. The minimum atomic E-state index is 0.593. The molecule has 6 heteroatoms. The predicted octanol–water partition coefficient (Wildman–Crippen LogP) is 2.40.